The van der Waals surface area contributed by atoms with Crippen LogP contribution in [0.3, 0.4) is 0 Å². The molecule has 2 fully saturated rings. The molecule has 0 unspecified atom stereocenters. The van der Waals surface area contributed by atoms with Gasteiger partial charge in [0.05, 0.1) is 10.2 Å². The normalized spacial score (nSPS) is 18.9. The van der Waals surface area contributed by atoms with Crippen LogP contribution >= 0.6 is 28.3 Å². The van der Waals surface area contributed by atoms with Crippen molar-refractivity contribution in [3.05, 3.63) is 15.9 Å². The Hall–Kier alpha value is -0.590. The summed E-state index contributed by atoms with van der Waals surface area (Å²) in [4.78, 5) is 11.9. The zero-order chi connectivity index (χ0) is 11.8. The fourth-order valence-corrected chi connectivity index (χ4v) is 2.63. The van der Waals surface area contributed by atoms with E-state index in [4.69, 9.17) is 0 Å². The molecule has 0 aromatic carbocycles. The molecule has 1 saturated heterocycles. The largest absolute Gasteiger partial charge is 0.350 e. The van der Waals surface area contributed by atoms with Gasteiger partial charge in [-0.1, -0.05) is 0 Å². The van der Waals surface area contributed by atoms with Crippen LogP contribution in [0, 0.1) is 5.92 Å². The molecule has 1 aromatic rings. The van der Waals surface area contributed by atoms with Gasteiger partial charge in [0.25, 0.3) is 5.91 Å². The van der Waals surface area contributed by atoms with E-state index in [1.807, 2.05) is 0 Å². The quantitative estimate of drug-likeness (QED) is 0.779. The number of nitrogens with zero attached hydrogens (tertiary/aromatic N) is 1. The molecule has 0 spiro atoms. The molecule has 2 heterocycles. The summed E-state index contributed by atoms with van der Waals surface area (Å²) in [5.74, 6) is 1.04. The Morgan fingerprint density at radius 3 is 2.72 bits per heavy atom. The Kier molecular flexibility index (Phi) is 4.29. The number of nitrogens with one attached hydrogen (secondary N) is 3. The Balaban J connectivity index is 0.00000120. The van der Waals surface area contributed by atoms with Gasteiger partial charge < -0.3 is 10.6 Å². The lowest BCUT2D eigenvalue weighted by Gasteiger charge is -2.26. The summed E-state index contributed by atoms with van der Waals surface area (Å²) in [6, 6.07) is 0. The Morgan fingerprint density at radius 1 is 1.44 bits per heavy atom. The maximum absolute atomic E-state index is 11.9. The van der Waals surface area contributed by atoms with Crippen LogP contribution in [0.1, 0.15) is 34.9 Å². The highest BCUT2D eigenvalue weighted by Crippen LogP contribution is 2.42. The minimum atomic E-state index is -0.0908. The highest BCUT2D eigenvalue weighted by Gasteiger charge is 2.30. The summed E-state index contributed by atoms with van der Waals surface area (Å²) in [6.07, 6.45) is 2.38. The Labute approximate surface area is 120 Å². The molecule has 3 rings (SSSR count). The van der Waals surface area contributed by atoms with E-state index < -0.39 is 0 Å². The fraction of sp³-hybridized carbons (Fsp3) is 0.636. The molecule has 1 amide bonds. The average Bonchev–Trinajstić information content (AvgIpc) is 3.00. The summed E-state index contributed by atoms with van der Waals surface area (Å²) in [5, 5.41) is 13.2. The predicted octanol–water partition coefficient (Wildman–Crippen LogP) is 1.42. The van der Waals surface area contributed by atoms with Gasteiger partial charge in [-0.3, -0.25) is 9.89 Å². The van der Waals surface area contributed by atoms with Crippen LogP contribution in [0.25, 0.3) is 0 Å². The molecule has 0 radical (unpaired) electrons. The molecule has 1 aliphatic carbocycles. The van der Waals surface area contributed by atoms with Gasteiger partial charge in [-0.05, 0) is 28.8 Å². The van der Waals surface area contributed by atoms with Gasteiger partial charge in [-0.15, -0.1) is 12.4 Å². The first-order valence-corrected chi connectivity index (χ1v) is 6.77. The zero-order valence-corrected chi connectivity index (χ0v) is 12.2. The van der Waals surface area contributed by atoms with Crippen molar-refractivity contribution in [1.82, 2.24) is 20.8 Å². The van der Waals surface area contributed by atoms with E-state index in [-0.39, 0.29) is 18.3 Å². The molecule has 1 aliphatic heterocycles. The van der Waals surface area contributed by atoms with Gasteiger partial charge in [0.15, 0.2) is 5.69 Å². The van der Waals surface area contributed by atoms with Crippen molar-refractivity contribution < 1.29 is 4.79 Å². The van der Waals surface area contributed by atoms with E-state index in [0.29, 0.717) is 17.5 Å². The summed E-state index contributed by atoms with van der Waals surface area (Å²) in [7, 11) is 0. The number of aromatic nitrogens is 2. The fourth-order valence-electron chi connectivity index (χ4n) is 1.95. The monoisotopic (exact) mass is 334 g/mol. The SMILES string of the molecule is Cl.O=C(NCC1CNC1)c1n[nH]c(C2CC2)c1Br. The van der Waals surface area contributed by atoms with E-state index >= 15 is 0 Å². The Morgan fingerprint density at radius 2 is 2.17 bits per heavy atom. The molecular formula is C11H16BrClN4O. The van der Waals surface area contributed by atoms with Gasteiger partial charge >= 0.3 is 0 Å². The molecule has 1 saturated carbocycles. The van der Waals surface area contributed by atoms with E-state index in [2.05, 4.69) is 36.8 Å². The Bertz CT molecular complexity index is 442. The first-order valence-electron chi connectivity index (χ1n) is 5.98. The minimum Gasteiger partial charge on any atom is -0.350 e. The van der Waals surface area contributed by atoms with Crippen molar-refractivity contribution in [1.29, 1.82) is 0 Å². The van der Waals surface area contributed by atoms with Crippen LogP contribution in [0.2, 0.25) is 0 Å². The zero-order valence-electron chi connectivity index (χ0n) is 9.83. The molecular weight excluding hydrogens is 320 g/mol. The lowest BCUT2D eigenvalue weighted by molar-refractivity contribution is 0.0936. The predicted molar refractivity (Wildman–Crippen MR) is 74.2 cm³/mol. The van der Waals surface area contributed by atoms with Crippen LogP contribution in [0.5, 0.6) is 0 Å². The lowest BCUT2D eigenvalue weighted by Crippen LogP contribution is -2.48. The first-order chi connectivity index (χ1) is 8.25. The van der Waals surface area contributed by atoms with Gasteiger partial charge in [0.1, 0.15) is 0 Å². The summed E-state index contributed by atoms with van der Waals surface area (Å²) >= 11 is 3.46. The van der Waals surface area contributed by atoms with Crippen LogP contribution < -0.4 is 10.6 Å². The second kappa shape index (κ2) is 5.59. The highest BCUT2D eigenvalue weighted by molar-refractivity contribution is 9.10. The van der Waals surface area contributed by atoms with Crippen molar-refractivity contribution >= 4 is 34.2 Å². The number of hydrogen-bond donors (Lipinski definition) is 3. The van der Waals surface area contributed by atoms with Gasteiger partial charge in [-0.25, -0.2) is 0 Å². The van der Waals surface area contributed by atoms with Crippen LogP contribution in [0.15, 0.2) is 4.47 Å². The second-order valence-electron chi connectivity index (χ2n) is 4.81. The summed E-state index contributed by atoms with van der Waals surface area (Å²) < 4.78 is 0.837. The third-order valence-electron chi connectivity index (χ3n) is 3.35. The topological polar surface area (TPSA) is 69.8 Å². The van der Waals surface area contributed by atoms with Crippen molar-refractivity contribution in [3.63, 3.8) is 0 Å². The molecule has 18 heavy (non-hydrogen) atoms. The van der Waals surface area contributed by atoms with E-state index in [9.17, 15) is 4.79 Å². The van der Waals surface area contributed by atoms with Gasteiger partial charge in [-0.2, -0.15) is 5.10 Å². The number of halogens is 2. The van der Waals surface area contributed by atoms with Crippen molar-refractivity contribution in [2.75, 3.05) is 19.6 Å². The number of hydrogen-bond acceptors (Lipinski definition) is 3. The molecule has 0 bridgehead atoms. The maximum atomic E-state index is 11.9. The van der Waals surface area contributed by atoms with Crippen molar-refractivity contribution in [2.45, 2.75) is 18.8 Å². The van der Waals surface area contributed by atoms with Crippen LogP contribution in [0.4, 0.5) is 0 Å². The average molecular weight is 336 g/mol. The molecule has 3 N–H and O–H groups in total. The molecule has 0 atom stereocenters. The van der Waals surface area contributed by atoms with Crippen LogP contribution in [-0.4, -0.2) is 35.7 Å². The number of carbonyl (C=O) groups excluding carboxylic acids is 1. The molecule has 100 valence electrons. The summed E-state index contributed by atoms with van der Waals surface area (Å²) in [5.41, 5.74) is 1.56. The molecule has 7 heteroatoms. The number of carbonyl (C=O) groups is 1. The number of amides is 1. The number of H-pyrrole nitrogens is 1. The lowest BCUT2D eigenvalue weighted by atomic mass is 10.0. The van der Waals surface area contributed by atoms with Crippen LogP contribution in [-0.2, 0) is 0 Å². The third kappa shape index (κ3) is 2.70. The number of rotatable bonds is 4. The first kappa shape index (κ1) is 13.8. The maximum Gasteiger partial charge on any atom is 0.272 e. The van der Waals surface area contributed by atoms with E-state index in [1.165, 1.54) is 12.8 Å². The molecule has 5 nitrogen and oxygen atoms in total. The highest BCUT2D eigenvalue weighted by atomic mass is 79.9. The summed E-state index contributed by atoms with van der Waals surface area (Å²) in [6.45, 7) is 2.72. The van der Waals surface area contributed by atoms with Crippen molar-refractivity contribution in [3.8, 4) is 0 Å². The molecule has 2 aliphatic rings. The second-order valence-corrected chi connectivity index (χ2v) is 5.60. The molecule has 1 aromatic heterocycles. The van der Waals surface area contributed by atoms with Crippen molar-refractivity contribution in [2.24, 2.45) is 5.92 Å². The number of aromatic amines is 1. The van der Waals surface area contributed by atoms with Gasteiger partial charge in [0.2, 0.25) is 0 Å². The van der Waals surface area contributed by atoms with E-state index in [1.54, 1.807) is 0 Å². The standard InChI is InChI=1S/C11H15BrN4O.ClH/c12-8-9(7-1-2-7)15-16-10(8)11(17)14-5-6-3-13-4-6;/h6-7,13H,1-5H2,(H,14,17)(H,15,16);1H. The minimum absolute atomic E-state index is 0. The van der Waals surface area contributed by atoms with E-state index in [0.717, 1.165) is 29.8 Å². The smallest absolute Gasteiger partial charge is 0.272 e. The third-order valence-corrected chi connectivity index (χ3v) is 4.15. The van der Waals surface area contributed by atoms with Gasteiger partial charge in [0, 0.05) is 31.5 Å².